The number of carbonyl (C=O) groups is 1. The molecule has 12 heteroatoms. The third-order valence-corrected chi connectivity index (χ3v) is 7.00. The number of nitrogens with zero attached hydrogens (tertiary/aromatic N) is 3. The van der Waals surface area contributed by atoms with Crippen molar-refractivity contribution < 1.29 is 27.4 Å². The Hall–Kier alpha value is -2.05. The quantitative estimate of drug-likeness (QED) is 0.377. The van der Waals surface area contributed by atoms with E-state index in [1.54, 1.807) is 4.90 Å². The van der Waals surface area contributed by atoms with E-state index >= 15 is 0 Å². The maximum absolute atomic E-state index is 13.2. The fraction of sp³-hybridized carbons (Fsp3) is 0.364. The lowest BCUT2D eigenvalue weighted by atomic mass is 10.3. The molecule has 184 valence electrons. The summed E-state index contributed by atoms with van der Waals surface area (Å²) in [5, 5.41) is 0.459. The Labute approximate surface area is 209 Å². The number of fused-ring (bicyclic) bond motifs is 1. The summed E-state index contributed by atoms with van der Waals surface area (Å²) in [7, 11) is 0. The number of thiazole rings is 1. The number of rotatable bonds is 8. The number of benzene rings is 2. The fourth-order valence-corrected chi connectivity index (χ4v) is 5.17. The van der Waals surface area contributed by atoms with Crippen molar-refractivity contribution in [2.24, 2.45) is 0 Å². The first-order valence-corrected chi connectivity index (χ1v) is 12.1. The number of aromatic nitrogens is 1. The van der Waals surface area contributed by atoms with Gasteiger partial charge in [0.1, 0.15) is 5.75 Å². The highest BCUT2D eigenvalue weighted by Gasteiger charge is 2.31. The van der Waals surface area contributed by atoms with Crippen LogP contribution in [0.5, 0.6) is 5.75 Å². The van der Waals surface area contributed by atoms with Crippen LogP contribution in [0, 0.1) is 0 Å². The van der Waals surface area contributed by atoms with Gasteiger partial charge >= 0.3 is 6.36 Å². The molecule has 1 aliphatic rings. The zero-order valence-electron chi connectivity index (χ0n) is 18.0. The van der Waals surface area contributed by atoms with Crippen molar-refractivity contribution >= 4 is 56.8 Å². The molecule has 1 amide bonds. The highest BCUT2D eigenvalue weighted by molar-refractivity contribution is 8.00. The molecule has 0 bridgehead atoms. The number of anilines is 1. The van der Waals surface area contributed by atoms with Gasteiger partial charge < -0.3 is 9.47 Å². The van der Waals surface area contributed by atoms with E-state index in [4.69, 9.17) is 4.74 Å². The number of ether oxygens (including phenoxy) is 2. The molecule has 0 radical (unpaired) electrons. The minimum Gasteiger partial charge on any atom is -0.406 e. The van der Waals surface area contributed by atoms with Crippen molar-refractivity contribution in [2.45, 2.75) is 11.3 Å². The van der Waals surface area contributed by atoms with Gasteiger partial charge in [0.2, 0.25) is 5.91 Å². The van der Waals surface area contributed by atoms with Gasteiger partial charge in [-0.3, -0.25) is 14.6 Å². The molecule has 6 nitrogen and oxygen atoms in total. The molecule has 0 saturated carbocycles. The topological polar surface area (TPSA) is 54.9 Å². The van der Waals surface area contributed by atoms with Crippen LogP contribution in [0.1, 0.15) is 0 Å². The van der Waals surface area contributed by atoms with Crippen molar-refractivity contribution in [3.05, 3.63) is 48.5 Å². The SMILES string of the molecule is Cl.O=C(CSc1ccccc1)N(CCN1CCOCC1)c1nc2ccc(OC(F)(F)F)cc2s1. The summed E-state index contributed by atoms with van der Waals surface area (Å²) in [6.45, 7) is 3.97. The predicted molar refractivity (Wildman–Crippen MR) is 130 cm³/mol. The number of alkyl halides is 3. The van der Waals surface area contributed by atoms with E-state index in [9.17, 15) is 18.0 Å². The van der Waals surface area contributed by atoms with E-state index < -0.39 is 6.36 Å². The number of morpholine rings is 1. The fourth-order valence-electron chi connectivity index (χ4n) is 3.34. The molecule has 1 aliphatic heterocycles. The van der Waals surface area contributed by atoms with E-state index in [-0.39, 0.29) is 29.8 Å². The molecule has 0 aliphatic carbocycles. The average molecular weight is 534 g/mol. The lowest BCUT2D eigenvalue weighted by Crippen LogP contribution is -2.43. The van der Waals surface area contributed by atoms with Crippen LogP contribution in [-0.4, -0.2) is 67.3 Å². The molecule has 0 spiro atoms. The van der Waals surface area contributed by atoms with Gasteiger partial charge in [-0.2, -0.15) is 0 Å². The Morgan fingerprint density at radius 3 is 2.62 bits per heavy atom. The molecule has 0 unspecified atom stereocenters. The summed E-state index contributed by atoms with van der Waals surface area (Å²) < 4.78 is 47.7. The number of halogens is 4. The van der Waals surface area contributed by atoms with Crippen LogP contribution in [0.15, 0.2) is 53.4 Å². The van der Waals surface area contributed by atoms with Gasteiger partial charge in [-0.25, -0.2) is 4.98 Å². The number of hydrogen-bond acceptors (Lipinski definition) is 7. The van der Waals surface area contributed by atoms with Crippen molar-refractivity contribution in [3.8, 4) is 5.75 Å². The zero-order valence-corrected chi connectivity index (χ0v) is 20.4. The van der Waals surface area contributed by atoms with Gasteiger partial charge in [0.25, 0.3) is 0 Å². The molecule has 1 saturated heterocycles. The summed E-state index contributed by atoms with van der Waals surface area (Å²) >= 11 is 2.61. The highest BCUT2D eigenvalue weighted by atomic mass is 35.5. The third kappa shape index (κ3) is 7.47. The number of amides is 1. The van der Waals surface area contributed by atoms with E-state index in [1.165, 1.54) is 41.3 Å². The second kappa shape index (κ2) is 12.1. The van der Waals surface area contributed by atoms with Crippen LogP contribution in [-0.2, 0) is 9.53 Å². The molecule has 34 heavy (non-hydrogen) atoms. The highest BCUT2D eigenvalue weighted by Crippen LogP contribution is 2.33. The van der Waals surface area contributed by atoms with Crippen LogP contribution < -0.4 is 9.64 Å². The van der Waals surface area contributed by atoms with Crippen LogP contribution >= 0.6 is 35.5 Å². The minimum atomic E-state index is -4.77. The summed E-state index contributed by atoms with van der Waals surface area (Å²) in [6, 6.07) is 13.6. The molecular weight excluding hydrogens is 511 g/mol. The second-order valence-corrected chi connectivity index (χ2v) is 9.33. The standard InChI is InChI=1S/C22H22F3N3O3S2.ClH/c23-22(24,25)31-16-6-7-18-19(14-16)33-21(26-18)28(9-8-27-10-12-30-13-11-27)20(29)15-32-17-4-2-1-3-5-17;/h1-7,14H,8-13,15H2;1H. The van der Waals surface area contributed by atoms with E-state index in [0.717, 1.165) is 18.0 Å². The summed E-state index contributed by atoms with van der Waals surface area (Å²) in [4.78, 5) is 22.5. The van der Waals surface area contributed by atoms with E-state index in [0.29, 0.717) is 41.7 Å². The Morgan fingerprint density at radius 1 is 1.18 bits per heavy atom. The first kappa shape index (κ1) is 26.6. The van der Waals surface area contributed by atoms with Crippen molar-refractivity contribution in [1.29, 1.82) is 0 Å². The smallest absolute Gasteiger partial charge is 0.406 e. The first-order valence-electron chi connectivity index (χ1n) is 10.3. The molecule has 2 heterocycles. The number of hydrogen-bond donors (Lipinski definition) is 0. The monoisotopic (exact) mass is 533 g/mol. The van der Waals surface area contributed by atoms with Gasteiger partial charge in [0.15, 0.2) is 5.13 Å². The minimum absolute atomic E-state index is 0. The normalized spacial score (nSPS) is 14.6. The molecule has 2 aromatic carbocycles. The van der Waals surface area contributed by atoms with Crippen LogP contribution in [0.4, 0.5) is 18.3 Å². The Morgan fingerprint density at radius 2 is 1.91 bits per heavy atom. The maximum Gasteiger partial charge on any atom is 0.573 e. The van der Waals surface area contributed by atoms with E-state index in [2.05, 4.69) is 14.6 Å². The van der Waals surface area contributed by atoms with Crippen LogP contribution in [0.3, 0.4) is 0 Å². The van der Waals surface area contributed by atoms with Gasteiger partial charge in [-0.05, 0) is 24.3 Å². The second-order valence-electron chi connectivity index (χ2n) is 7.27. The Balaban J connectivity index is 0.00000324. The number of thioether (sulfide) groups is 1. The average Bonchev–Trinajstić information content (AvgIpc) is 3.21. The molecule has 3 aromatic rings. The summed E-state index contributed by atoms with van der Waals surface area (Å²) in [5.74, 6) is -0.190. The van der Waals surface area contributed by atoms with Gasteiger partial charge in [-0.1, -0.05) is 29.5 Å². The summed E-state index contributed by atoms with van der Waals surface area (Å²) in [5.41, 5.74) is 0.518. The van der Waals surface area contributed by atoms with Crippen molar-refractivity contribution in [1.82, 2.24) is 9.88 Å². The lowest BCUT2D eigenvalue weighted by Gasteiger charge is -2.29. The van der Waals surface area contributed by atoms with Crippen molar-refractivity contribution in [2.75, 3.05) is 50.0 Å². The maximum atomic E-state index is 13.2. The molecular formula is C22H23ClF3N3O3S2. The molecule has 1 fully saturated rings. The first-order chi connectivity index (χ1) is 15.9. The largest absolute Gasteiger partial charge is 0.573 e. The molecule has 0 N–H and O–H groups in total. The zero-order chi connectivity index (χ0) is 23.3. The van der Waals surface area contributed by atoms with E-state index in [1.807, 2.05) is 30.3 Å². The van der Waals surface area contributed by atoms with Gasteiger partial charge in [0.05, 0.1) is 29.2 Å². The lowest BCUT2D eigenvalue weighted by molar-refractivity contribution is -0.274. The van der Waals surface area contributed by atoms with Crippen LogP contribution in [0.25, 0.3) is 10.2 Å². The Kier molecular flexibility index (Phi) is 9.43. The van der Waals surface area contributed by atoms with Gasteiger partial charge in [0, 0.05) is 37.1 Å². The van der Waals surface area contributed by atoms with Crippen molar-refractivity contribution in [3.63, 3.8) is 0 Å². The Bertz CT molecular complexity index is 1080. The van der Waals surface area contributed by atoms with Crippen LogP contribution in [0.2, 0.25) is 0 Å². The predicted octanol–water partition coefficient (Wildman–Crippen LogP) is 5.07. The molecule has 1 aromatic heterocycles. The molecule has 4 rings (SSSR count). The number of carbonyl (C=O) groups excluding carboxylic acids is 1. The third-order valence-electron chi connectivity index (χ3n) is 4.96. The van der Waals surface area contributed by atoms with Gasteiger partial charge in [-0.15, -0.1) is 37.3 Å². The molecule has 0 atom stereocenters. The summed E-state index contributed by atoms with van der Waals surface area (Å²) in [6.07, 6.45) is -4.77.